The van der Waals surface area contributed by atoms with E-state index in [1.165, 1.54) is 95.5 Å². The standard InChI is InChI=1S/C29H45F/c1-3-4-5-6-7-22-9-11-27-19-26(17-16-25(27)18-22)23-12-14-24(15-13-23)28-10-8-21(2)29(30)20-28/h8,10,20,22-27H,3-7,9,11-19H2,1-2H3. The lowest BCUT2D eigenvalue weighted by atomic mass is 9.60. The Labute approximate surface area is 185 Å². The molecule has 4 rings (SSSR count). The molecule has 3 aliphatic rings. The lowest BCUT2D eigenvalue weighted by molar-refractivity contribution is 0.0613. The van der Waals surface area contributed by atoms with Gasteiger partial charge in [0.05, 0.1) is 0 Å². The van der Waals surface area contributed by atoms with Crippen LogP contribution in [0.2, 0.25) is 0 Å². The van der Waals surface area contributed by atoms with Gasteiger partial charge in [0.1, 0.15) is 5.82 Å². The maximum Gasteiger partial charge on any atom is 0.126 e. The Hall–Kier alpha value is -0.850. The normalized spacial score (nSPS) is 34.5. The summed E-state index contributed by atoms with van der Waals surface area (Å²) in [5, 5.41) is 0. The molecule has 0 saturated heterocycles. The van der Waals surface area contributed by atoms with Crippen LogP contribution < -0.4 is 0 Å². The van der Waals surface area contributed by atoms with Crippen molar-refractivity contribution in [3.05, 3.63) is 35.1 Å². The maximum atomic E-state index is 14.0. The van der Waals surface area contributed by atoms with Gasteiger partial charge in [0.25, 0.3) is 0 Å². The highest BCUT2D eigenvalue weighted by Gasteiger charge is 2.38. The Morgan fingerprint density at radius 3 is 2.17 bits per heavy atom. The van der Waals surface area contributed by atoms with Crippen molar-refractivity contribution >= 4 is 0 Å². The highest BCUT2D eigenvalue weighted by Crippen LogP contribution is 2.50. The second-order valence-corrected chi connectivity index (χ2v) is 11.2. The summed E-state index contributed by atoms with van der Waals surface area (Å²) in [5.74, 6) is 5.65. The highest BCUT2D eigenvalue weighted by atomic mass is 19.1. The largest absolute Gasteiger partial charge is 0.207 e. The number of hydrogen-bond acceptors (Lipinski definition) is 0. The molecular weight excluding hydrogens is 367 g/mol. The van der Waals surface area contributed by atoms with Crippen molar-refractivity contribution in [3.63, 3.8) is 0 Å². The molecule has 3 saturated carbocycles. The third-order valence-corrected chi connectivity index (χ3v) is 9.33. The fraction of sp³-hybridized carbons (Fsp3) is 0.793. The summed E-state index contributed by atoms with van der Waals surface area (Å²) >= 11 is 0. The van der Waals surface area contributed by atoms with Crippen LogP contribution in [0.5, 0.6) is 0 Å². The second-order valence-electron chi connectivity index (χ2n) is 11.2. The molecule has 30 heavy (non-hydrogen) atoms. The highest BCUT2D eigenvalue weighted by molar-refractivity contribution is 5.26. The summed E-state index contributed by atoms with van der Waals surface area (Å²) in [6.07, 6.45) is 21.7. The number of hydrogen-bond donors (Lipinski definition) is 0. The maximum absolute atomic E-state index is 14.0. The number of benzene rings is 1. The minimum atomic E-state index is -0.0195. The van der Waals surface area contributed by atoms with Gasteiger partial charge in [-0.25, -0.2) is 4.39 Å². The Morgan fingerprint density at radius 2 is 1.43 bits per heavy atom. The SMILES string of the molecule is CCCCCCC1CCC2CC(C3CCC(c4ccc(C)c(F)c4)CC3)CCC2C1. The summed E-state index contributed by atoms with van der Waals surface area (Å²) in [4.78, 5) is 0. The van der Waals surface area contributed by atoms with Crippen LogP contribution in [-0.2, 0) is 0 Å². The number of unbranched alkanes of at least 4 members (excludes halogenated alkanes) is 3. The minimum absolute atomic E-state index is 0.0195. The first-order chi connectivity index (χ1) is 14.6. The second kappa shape index (κ2) is 10.6. The molecule has 0 spiro atoms. The van der Waals surface area contributed by atoms with Crippen LogP contribution in [0.25, 0.3) is 0 Å². The number of fused-ring (bicyclic) bond motifs is 1. The molecule has 0 amide bonds. The Bertz CT molecular complexity index is 656. The zero-order valence-electron chi connectivity index (χ0n) is 19.7. The Balaban J connectivity index is 1.22. The van der Waals surface area contributed by atoms with E-state index in [0.717, 1.165) is 35.2 Å². The number of rotatable bonds is 7. The van der Waals surface area contributed by atoms with E-state index < -0.39 is 0 Å². The molecule has 3 fully saturated rings. The fourth-order valence-corrected chi connectivity index (χ4v) is 7.36. The van der Waals surface area contributed by atoms with Crippen LogP contribution in [0, 0.1) is 42.3 Å². The molecule has 168 valence electrons. The quantitative estimate of drug-likeness (QED) is 0.391. The van der Waals surface area contributed by atoms with Crippen molar-refractivity contribution in [2.45, 2.75) is 116 Å². The van der Waals surface area contributed by atoms with Gasteiger partial charge < -0.3 is 0 Å². The first kappa shape index (κ1) is 22.3. The van der Waals surface area contributed by atoms with Crippen molar-refractivity contribution in [1.29, 1.82) is 0 Å². The summed E-state index contributed by atoms with van der Waals surface area (Å²) < 4.78 is 14.0. The molecule has 0 bridgehead atoms. The average molecular weight is 413 g/mol. The Kier molecular flexibility index (Phi) is 7.93. The van der Waals surface area contributed by atoms with Gasteiger partial charge in [-0.05, 0) is 117 Å². The molecule has 4 unspecified atom stereocenters. The lowest BCUT2D eigenvalue weighted by Gasteiger charge is -2.45. The fourth-order valence-electron chi connectivity index (χ4n) is 7.36. The average Bonchev–Trinajstić information content (AvgIpc) is 2.78. The zero-order chi connectivity index (χ0) is 20.9. The summed E-state index contributed by atoms with van der Waals surface area (Å²) in [5.41, 5.74) is 2.03. The van der Waals surface area contributed by atoms with Crippen molar-refractivity contribution in [3.8, 4) is 0 Å². The minimum Gasteiger partial charge on any atom is -0.207 e. The van der Waals surface area contributed by atoms with Crippen LogP contribution in [0.4, 0.5) is 4.39 Å². The summed E-state index contributed by atoms with van der Waals surface area (Å²) in [6, 6.07) is 5.96. The smallest absolute Gasteiger partial charge is 0.126 e. The van der Waals surface area contributed by atoms with Gasteiger partial charge in [0.2, 0.25) is 0 Å². The number of halogens is 1. The van der Waals surface area contributed by atoms with Gasteiger partial charge in [-0.15, -0.1) is 0 Å². The van der Waals surface area contributed by atoms with E-state index in [2.05, 4.69) is 13.0 Å². The molecule has 4 atom stereocenters. The van der Waals surface area contributed by atoms with Crippen LogP contribution in [0.3, 0.4) is 0 Å². The predicted octanol–water partition coefficient (Wildman–Crippen LogP) is 9.21. The van der Waals surface area contributed by atoms with Crippen LogP contribution in [0.15, 0.2) is 18.2 Å². The van der Waals surface area contributed by atoms with E-state index in [9.17, 15) is 4.39 Å². The van der Waals surface area contributed by atoms with Crippen molar-refractivity contribution in [1.82, 2.24) is 0 Å². The molecule has 0 aliphatic heterocycles. The molecule has 0 aromatic heterocycles. The lowest BCUT2D eigenvalue weighted by Crippen LogP contribution is -2.34. The summed E-state index contributed by atoms with van der Waals surface area (Å²) in [7, 11) is 0. The van der Waals surface area contributed by atoms with Crippen molar-refractivity contribution < 1.29 is 4.39 Å². The van der Waals surface area contributed by atoms with Crippen molar-refractivity contribution in [2.24, 2.45) is 29.6 Å². The van der Waals surface area contributed by atoms with Gasteiger partial charge in [-0.3, -0.25) is 0 Å². The predicted molar refractivity (Wildman–Crippen MR) is 126 cm³/mol. The Morgan fingerprint density at radius 1 is 0.767 bits per heavy atom. The molecule has 0 N–H and O–H groups in total. The van der Waals surface area contributed by atoms with Gasteiger partial charge in [-0.2, -0.15) is 0 Å². The van der Waals surface area contributed by atoms with Gasteiger partial charge in [-0.1, -0.05) is 57.6 Å². The third-order valence-electron chi connectivity index (χ3n) is 9.33. The first-order valence-electron chi connectivity index (χ1n) is 13.4. The molecule has 1 aromatic carbocycles. The molecule has 1 heteroatoms. The summed E-state index contributed by atoms with van der Waals surface area (Å²) in [6.45, 7) is 4.19. The van der Waals surface area contributed by atoms with E-state index in [0.29, 0.717) is 5.92 Å². The molecule has 0 heterocycles. The van der Waals surface area contributed by atoms with Crippen molar-refractivity contribution in [2.75, 3.05) is 0 Å². The van der Waals surface area contributed by atoms with Crippen LogP contribution >= 0.6 is 0 Å². The van der Waals surface area contributed by atoms with Gasteiger partial charge >= 0.3 is 0 Å². The zero-order valence-corrected chi connectivity index (χ0v) is 19.7. The van der Waals surface area contributed by atoms with E-state index in [1.807, 2.05) is 19.1 Å². The molecule has 0 radical (unpaired) electrons. The van der Waals surface area contributed by atoms with E-state index >= 15 is 0 Å². The third kappa shape index (κ3) is 5.49. The van der Waals surface area contributed by atoms with E-state index in [1.54, 1.807) is 6.42 Å². The van der Waals surface area contributed by atoms with E-state index in [4.69, 9.17) is 0 Å². The molecule has 3 aliphatic carbocycles. The number of aryl methyl sites for hydroxylation is 1. The van der Waals surface area contributed by atoms with Gasteiger partial charge in [0.15, 0.2) is 0 Å². The topological polar surface area (TPSA) is 0 Å². The molecular formula is C29H45F. The van der Waals surface area contributed by atoms with Crippen LogP contribution in [-0.4, -0.2) is 0 Å². The molecule has 0 nitrogen and oxygen atoms in total. The first-order valence-corrected chi connectivity index (χ1v) is 13.4. The van der Waals surface area contributed by atoms with Gasteiger partial charge in [0, 0.05) is 0 Å². The van der Waals surface area contributed by atoms with Crippen LogP contribution in [0.1, 0.15) is 120 Å². The van der Waals surface area contributed by atoms with E-state index in [-0.39, 0.29) is 5.82 Å². The molecule has 1 aromatic rings. The monoisotopic (exact) mass is 412 g/mol.